The highest BCUT2D eigenvalue weighted by Crippen LogP contribution is 2.47. The van der Waals surface area contributed by atoms with Gasteiger partial charge >= 0.3 is 5.97 Å². The van der Waals surface area contributed by atoms with Gasteiger partial charge in [0.15, 0.2) is 16.7 Å². The summed E-state index contributed by atoms with van der Waals surface area (Å²) in [6.45, 7) is 2.78. The molecular weight excluding hydrogens is 650 g/mol. The van der Waals surface area contributed by atoms with Crippen LogP contribution in [-0.4, -0.2) is 70.6 Å². The number of hydrogen-bond donors (Lipinski definition) is 3. The Morgan fingerprint density at radius 3 is 2.53 bits per heavy atom. The molecule has 1 aromatic heterocycles. The van der Waals surface area contributed by atoms with Gasteiger partial charge in [-0.2, -0.15) is 0 Å². The number of thioether (sulfide) groups is 1. The van der Waals surface area contributed by atoms with Crippen molar-refractivity contribution in [2.24, 2.45) is 0 Å². The molecule has 1 unspecified atom stereocenters. The SMILES string of the molecule is COc1cc(C(CC(=O)NCc2cn3c(n2)SCC3)c2c(O)cc3c(c2O)C(=O)O[C@@H](C)CCCC(=O)CCC/C=C/3)cc(OC)c1OC. The number of nitrogens with one attached hydrogen (secondary N) is 1. The van der Waals surface area contributed by atoms with Gasteiger partial charge in [-0.3, -0.25) is 9.59 Å². The van der Waals surface area contributed by atoms with Gasteiger partial charge < -0.3 is 39.0 Å². The molecule has 0 bridgehead atoms. The number of phenolic OH excluding ortho intramolecular Hbond substituents is 2. The summed E-state index contributed by atoms with van der Waals surface area (Å²) in [5.41, 5.74) is 1.25. The highest BCUT2D eigenvalue weighted by molar-refractivity contribution is 7.99. The van der Waals surface area contributed by atoms with Gasteiger partial charge in [0.1, 0.15) is 22.8 Å². The largest absolute Gasteiger partial charge is 0.507 e. The lowest BCUT2D eigenvalue weighted by molar-refractivity contribution is -0.121. The van der Waals surface area contributed by atoms with Crippen LogP contribution in [0.15, 0.2) is 35.6 Å². The Hall–Kier alpha value is -4.65. The van der Waals surface area contributed by atoms with E-state index >= 15 is 0 Å². The van der Waals surface area contributed by atoms with Crippen LogP contribution in [0.2, 0.25) is 0 Å². The van der Waals surface area contributed by atoms with Crippen LogP contribution >= 0.6 is 11.8 Å². The number of Topliss-reactive ketones (excluding diaryl/α,β-unsaturated/α-hetero) is 1. The molecule has 0 fully saturated rings. The number of amides is 1. The van der Waals surface area contributed by atoms with Crippen LogP contribution in [0.1, 0.15) is 90.5 Å². The summed E-state index contributed by atoms with van der Waals surface area (Å²) in [6, 6.07) is 4.67. The number of fused-ring (bicyclic) bond motifs is 2. The fraction of sp³-hybridized carbons (Fsp3) is 0.444. The third kappa shape index (κ3) is 8.33. The highest BCUT2D eigenvalue weighted by atomic mass is 32.2. The summed E-state index contributed by atoms with van der Waals surface area (Å²) in [5.74, 6) is -0.920. The second-order valence-electron chi connectivity index (χ2n) is 12.1. The summed E-state index contributed by atoms with van der Waals surface area (Å²) >= 11 is 1.66. The molecule has 0 saturated heterocycles. The molecule has 12 nitrogen and oxygen atoms in total. The van der Waals surface area contributed by atoms with E-state index in [1.807, 2.05) is 10.8 Å². The van der Waals surface area contributed by atoms with E-state index in [-0.39, 0.29) is 47.1 Å². The molecule has 262 valence electrons. The van der Waals surface area contributed by atoms with Crippen molar-refractivity contribution < 1.29 is 43.5 Å². The minimum Gasteiger partial charge on any atom is -0.507 e. The standard InChI is InChI=1S/C36H43N3O9S/c1-21-9-8-12-25(40)11-7-5-6-10-22-15-27(41)32(33(43)31(22)35(44)48-21)26(23-16-28(45-2)34(47-4)29(17-23)46-3)18-30(42)37-19-24-20-39-13-14-49-36(39)38-24/h6,10,15-17,20-21,26,41,43H,5,7-9,11-14,18-19H2,1-4H3,(H,37,42)/b10-6+/t21-,26?/m0/s1. The fourth-order valence-corrected chi connectivity index (χ4v) is 7.16. The molecule has 2 aliphatic rings. The van der Waals surface area contributed by atoms with E-state index in [2.05, 4.69) is 10.3 Å². The van der Waals surface area contributed by atoms with Crippen molar-refractivity contribution in [3.63, 3.8) is 0 Å². The lowest BCUT2D eigenvalue weighted by atomic mass is 9.84. The maximum absolute atomic E-state index is 13.7. The molecule has 2 atom stereocenters. The number of aromatic hydroxyl groups is 2. The van der Waals surface area contributed by atoms with Crippen molar-refractivity contribution in [2.75, 3.05) is 27.1 Å². The molecule has 2 aliphatic heterocycles. The van der Waals surface area contributed by atoms with E-state index in [1.165, 1.54) is 27.4 Å². The number of aromatic nitrogens is 2. The van der Waals surface area contributed by atoms with E-state index in [1.54, 1.807) is 43.0 Å². The molecule has 0 aliphatic carbocycles. The van der Waals surface area contributed by atoms with Crippen LogP contribution in [-0.2, 0) is 27.4 Å². The Morgan fingerprint density at radius 2 is 1.84 bits per heavy atom. The third-order valence-corrected chi connectivity index (χ3v) is 9.67. The number of ketones is 1. The zero-order chi connectivity index (χ0) is 35.1. The van der Waals surface area contributed by atoms with Gasteiger partial charge in [0.25, 0.3) is 0 Å². The average molecular weight is 694 g/mol. The van der Waals surface area contributed by atoms with Gasteiger partial charge in [-0.25, -0.2) is 9.78 Å². The number of nitrogens with zero attached hydrogens (tertiary/aromatic N) is 2. The minimum atomic E-state index is -0.977. The molecule has 49 heavy (non-hydrogen) atoms. The average Bonchev–Trinajstić information content (AvgIpc) is 3.68. The summed E-state index contributed by atoms with van der Waals surface area (Å²) < 4.78 is 24.5. The van der Waals surface area contributed by atoms with Crippen LogP contribution in [0, 0.1) is 0 Å². The van der Waals surface area contributed by atoms with Crippen molar-refractivity contribution in [2.45, 2.75) is 82.1 Å². The summed E-state index contributed by atoms with van der Waals surface area (Å²) in [5, 5.41) is 27.3. The van der Waals surface area contributed by atoms with Crippen molar-refractivity contribution in [3.05, 3.63) is 58.4 Å². The number of allylic oxidation sites excluding steroid dienone is 1. The second-order valence-corrected chi connectivity index (χ2v) is 13.2. The quantitative estimate of drug-likeness (QED) is 0.235. The van der Waals surface area contributed by atoms with E-state index in [0.29, 0.717) is 67.0 Å². The smallest absolute Gasteiger partial charge is 0.342 e. The van der Waals surface area contributed by atoms with Gasteiger partial charge in [-0.1, -0.05) is 23.9 Å². The molecule has 0 spiro atoms. The number of cyclic esters (lactones) is 1. The molecule has 0 saturated carbocycles. The molecule has 3 N–H and O–H groups in total. The van der Waals surface area contributed by atoms with Crippen molar-refractivity contribution in [1.82, 2.24) is 14.9 Å². The van der Waals surface area contributed by atoms with Crippen LogP contribution < -0.4 is 19.5 Å². The molecule has 13 heteroatoms. The number of ether oxygens (including phenoxy) is 4. The Kier molecular flexibility index (Phi) is 11.8. The lowest BCUT2D eigenvalue weighted by Crippen LogP contribution is -2.25. The Morgan fingerprint density at radius 1 is 1.10 bits per heavy atom. The number of benzene rings is 2. The maximum atomic E-state index is 13.7. The van der Waals surface area contributed by atoms with Gasteiger partial charge in [0.05, 0.1) is 39.7 Å². The molecule has 3 aromatic rings. The molecular formula is C36H43N3O9S. The maximum Gasteiger partial charge on any atom is 0.342 e. The van der Waals surface area contributed by atoms with Gasteiger partial charge in [0.2, 0.25) is 11.7 Å². The monoisotopic (exact) mass is 693 g/mol. The lowest BCUT2D eigenvalue weighted by Gasteiger charge is -2.24. The molecule has 1 amide bonds. The number of rotatable bonds is 9. The van der Waals surface area contributed by atoms with Crippen LogP contribution in [0.3, 0.4) is 0 Å². The highest BCUT2D eigenvalue weighted by Gasteiger charge is 2.32. The Labute approximate surface area is 289 Å². The molecule has 0 radical (unpaired) electrons. The Bertz CT molecular complexity index is 1690. The topological polar surface area (TPSA) is 158 Å². The summed E-state index contributed by atoms with van der Waals surface area (Å²) in [4.78, 5) is 44.1. The number of methoxy groups -OCH3 is 3. The number of carbonyl (C=O) groups excluding carboxylic acids is 3. The number of phenols is 2. The number of imidazole rings is 1. The van der Waals surface area contributed by atoms with Crippen molar-refractivity contribution in [1.29, 1.82) is 0 Å². The second kappa shape index (κ2) is 16.2. The van der Waals surface area contributed by atoms with Crippen LogP contribution in [0.4, 0.5) is 0 Å². The van der Waals surface area contributed by atoms with Gasteiger partial charge in [-0.15, -0.1) is 0 Å². The Balaban J connectivity index is 1.57. The normalized spacial score (nSPS) is 18.0. The first kappa shape index (κ1) is 35.7. The predicted octanol–water partition coefficient (Wildman–Crippen LogP) is 5.75. The molecule has 3 heterocycles. The first-order chi connectivity index (χ1) is 23.6. The third-order valence-electron chi connectivity index (χ3n) is 8.70. The van der Waals surface area contributed by atoms with Crippen molar-refractivity contribution >= 4 is 35.5 Å². The van der Waals surface area contributed by atoms with Crippen LogP contribution in [0.25, 0.3) is 6.08 Å². The minimum absolute atomic E-state index is 0.0368. The fourth-order valence-electron chi connectivity index (χ4n) is 6.20. The number of aryl methyl sites for hydroxylation is 1. The van der Waals surface area contributed by atoms with Gasteiger partial charge in [-0.05, 0) is 61.9 Å². The van der Waals surface area contributed by atoms with Gasteiger partial charge in [0, 0.05) is 49.2 Å². The van der Waals surface area contributed by atoms with Crippen LogP contribution in [0.5, 0.6) is 28.7 Å². The molecule has 5 rings (SSSR count). The number of hydrogen-bond acceptors (Lipinski definition) is 11. The first-order valence-electron chi connectivity index (χ1n) is 16.4. The molecule has 2 aromatic carbocycles. The summed E-state index contributed by atoms with van der Waals surface area (Å²) in [6.07, 6.45) is 7.67. The van der Waals surface area contributed by atoms with E-state index in [9.17, 15) is 24.6 Å². The zero-order valence-electron chi connectivity index (χ0n) is 28.2. The van der Waals surface area contributed by atoms with E-state index < -0.39 is 23.7 Å². The summed E-state index contributed by atoms with van der Waals surface area (Å²) in [7, 11) is 4.39. The predicted molar refractivity (Wildman–Crippen MR) is 184 cm³/mol. The van der Waals surface area contributed by atoms with E-state index in [0.717, 1.165) is 17.5 Å². The first-order valence-corrected chi connectivity index (χ1v) is 17.4. The van der Waals surface area contributed by atoms with E-state index in [4.69, 9.17) is 18.9 Å². The van der Waals surface area contributed by atoms with Crippen molar-refractivity contribution in [3.8, 4) is 28.7 Å². The number of carbonyl (C=O) groups is 3. The number of esters is 1. The zero-order valence-corrected chi connectivity index (χ0v) is 29.1.